The standard InChI is InChI=1S/C11H17NO3S/c1-10(15-16(13)14)7-8-12-9-11-5-3-2-4-6-11/h2-6,10,12,16H,7-9H2,1H3. The number of hydrogen-bond donors (Lipinski definition) is 2. The molecule has 1 atom stereocenters. The molecule has 16 heavy (non-hydrogen) atoms. The van der Waals surface area contributed by atoms with Crippen LogP contribution < -0.4 is 5.32 Å². The minimum Gasteiger partial charge on any atom is -0.313 e. The largest absolute Gasteiger partial charge is 0.313 e. The van der Waals surface area contributed by atoms with Gasteiger partial charge in [-0.1, -0.05) is 30.3 Å². The van der Waals surface area contributed by atoms with Crippen molar-refractivity contribution < 1.29 is 12.6 Å². The number of benzene rings is 1. The summed E-state index contributed by atoms with van der Waals surface area (Å²) >= 11 is 0. The molecule has 90 valence electrons. The molecule has 0 saturated carbocycles. The molecule has 1 aromatic carbocycles. The van der Waals surface area contributed by atoms with Crippen LogP contribution in [0.3, 0.4) is 0 Å². The summed E-state index contributed by atoms with van der Waals surface area (Å²) in [6.07, 6.45) is 0.417. The normalized spacial score (nSPS) is 12.9. The Hall–Kier alpha value is -0.910. The van der Waals surface area contributed by atoms with Crippen LogP contribution in [0, 0.1) is 0 Å². The van der Waals surface area contributed by atoms with Crippen molar-refractivity contribution in [2.24, 2.45) is 0 Å². The maximum Gasteiger partial charge on any atom is 0.257 e. The topological polar surface area (TPSA) is 55.4 Å². The lowest BCUT2D eigenvalue weighted by Gasteiger charge is -2.08. The first kappa shape index (κ1) is 13.2. The van der Waals surface area contributed by atoms with Gasteiger partial charge in [-0.3, -0.25) is 4.18 Å². The van der Waals surface area contributed by atoms with Crippen molar-refractivity contribution in [2.75, 3.05) is 6.54 Å². The number of thiol groups is 1. The van der Waals surface area contributed by atoms with Gasteiger partial charge in [0.2, 0.25) is 0 Å². The van der Waals surface area contributed by atoms with Gasteiger partial charge in [-0.2, -0.15) is 0 Å². The first-order chi connectivity index (χ1) is 7.68. The first-order valence-corrected chi connectivity index (χ1v) is 6.34. The third kappa shape index (κ3) is 5.85. The molecule has 0 saturated heterocycles. The summed E-state index contributed by atoms with van der Waals surface area (Å²) in [5.74, 6) is 0. The van der Waals surface area contributed by atoms with Crippen LogP contribution in [0.15, 0.2) is 30.3 Å². The van der Waals surface area contributed by atoms with Crippen LogP contribution in [0.25, 0.3) is 0 Å². The van der Waals surface area contributed by atoms with Gasteiger partial charge >= 0.3 is 0 Å². The highest BCUT2D eigenvalue weighted by Crippen LogP contribution is 1.99. The Kier molecular flexibility index (Phi) is 6.07. The Morgan fingerprint density at radius 1 is 1.31 bits per heavy atom. The third-order valence-electron chi connectivity index (χ3n) is 2.17. The molecule has 1 aromatic rings. The van der Waals surface area contributed by atoms with E-state index in [4.69, 9.17) is 0 Å². The fraction of sp³-hybridized carbons (Fsp3) is 0.455. The molecule has 0 heterocycles. The second kappa shape index (κ2) is 7.38. The molecule has 1 unspecified atom stereocenters. The highest BCUT2D eigenvalue weighted by atomic mass is 32.2. The highest BCUT2D eigenvalue weighted by molar-refractivity contribution is 7.67. The van der Waals surface area contributed by atoms with Gasteiger partial charge in [0, 0.05) is 6.54 Å². The van der Waals surface area contributed by atoms with Crippen molar-refractivity contribution in [3.8, 4) is 0 Å². The van der Waals surface area contributed by atoms with E-state index in [9.17, 15) is 8.42 Å². The molecule has 4 nitrogen and oxygen atoms in total. The second-order valence-electron chi connectivity index (χ2n) is 3.59. The monoisotopic (exact) mass is 243 g/mol. The van der Waals surface area contributed by atoms with Crippen molar-refractivity contribution in [2.45, 2.75) is 26.0 Å². The van der Waals surface area contributed by atoms with E-state index >= 15 is 0 Å². The summed E-state index contributed by atoms with van der Waals surface area (Å²) < 4.78 is 25.1. The van der Waals surface area contributed by atoms with Crippen LogP contribution in [0.4, 0.5) is 0 Å². The summed E-state index contributed by atoms with van der Waals surface area (Å²) in [5, 5.41) is 3.23. The molecule has 0 bridgehead atoms. The summed E-state index contributed by atoms with van der Waals surface area (Å²) in [7, 11) is -2.73. The van der Waals surface area contributed by atoms with Crippen molar-refractivity contribution in [3.63, 3.8) is 0 Å². The molecule has 0 spiro atoms. The Bertz CT molecular complexity index is 357. The Labute approximate surface area is 97.8 Å². The van der Waals surface area contributed by atoms with E-state index in [1.165, 1.54) is 5.56 Å². The molecule has 0 amide bonds. The maximum atomic E-state index is 10.3. The predicted octanol–water partition coefficient (Wildman–Crippen LogP) is 1.10. The number of nitrogens with one attached hydrogen (secondary N) is 1. The predicted molar refractivity (Wildman–Crippen MR) is 63.6 cm³/mol. The first-order valence-electron chi connectivity index (χ1n) is 5.24. The smallest absolute Gasteiger partial charge is 0.257 e. The molecule has 0 aliphatic carbocycles. The van der Waals surface area contributed by atoms with E-state index in [0.717, 1.165) is 13.1 Å². The van der Waals surface area contributed by atoms with Crippen LogP contribution in [-0.2, 0) is 21.7 Å². The number of hydrogen-bond acceptors (Lipinski definition) is 4. The average Bonchev–Trinajstić information content (AvgIpc) is 2.25. The van der Waals surface area contributed by atoms with E-state index in [2.05, 4.69) is 9.50 Å². The van der Waals surface area contributed by atoms with Crippen LogP contribution in [0.1, 0.15) is 18.9 Å². The molecule has 0 aliphatic heterocycles. The summed E-state index contributed by atoms with van der Waals surface area (Å²) in [6.45, 7) is 3.27. The molecule has 1 rings (SSSR count). The van der Waals surface area contributed by atoms with Gasteiger partial charge in [0.15, 0.2) is 0 Å². The van der Waals surface area contributed by atoms with Gasteiger partial charge in [0.05, 0.1) is 6.10 Å². The SMILES string of the molecule is CC(CCNCc1ccccc1)O[SH](=O)=O. The molecular weight excluding hydrogens is 226 g/mol. The minimum absolute atomic E-state index is 0.260. The quantitative estimate of drug-likeness (QED) is 0.556. The Balaban J connectivity index is 2.12. The lowest BCUT2D eigenvalue weighted by atomic mass is 10.2. The highest BCUT2D eigenvalue weighted by Gasteiger charge is 2.02. The van der Waals surface area contributed by atoms with Gasteiger partial charge in [0.25, 0.3) is 11.0 Å². The van der Waals surface area contributed by atoms with Crippen LogP contribution >= 0.6 is 0 Å². The summed E-state index contributed by atoms with van der Waals surface area (Å²) in [4.78, 5) is 0. The van der Waals surface area contributed by atoms with Gasteiger partial charge in [-0.15, -0.1) is 0 Å². The summed E-state index contributed by atoms with van der Waals surface area (Å²) in [5.41, 5.74) is 1.21. The third-order valence-corrected chi connectivity index (χ3v) is 2.70. The van der Waals surface area contributed by atoms with Gasteiger partial charge in [-0.05, 0) is 25.5 Å². The zero-order valence-electron chi connectivity index (χ0n) is 9.26. The van der Waals surface area contributed by atoms with Gasteiger partial charge < -0.3 is 5.32 Å². The molecule has 0 aliphatic rings. The van der Waals surface area contributed by atoms with Gasteiger partial charge in [-0.25, -0.2) is 8.42 Å². The van der Waals surface area contributed by atoms with Gasteiger partial charge in [0.1, 0.15) is 0 Å². The van der Waals surface area contributed by atoms with Crippen molar-refractivity contribution in [3.05, 3.63) is 35.9 Å². The van der Waals surface area contributed by atoms with Crippen molar-refractivity contribution in [1.29, 1.82) is 0 Å². The lowest BCUT2D eigenvalue weighted by Crippen LogP contribution is -2.20. The second-order valence-corrected chi connectivity index (χ2v) is 4.25. The van der Waals surface area contributed by atoms with Crippen LogP contribution in [0.5, 0.6) is 0 Å². The summed E-state index contributed by atoms with van der Waals surface area (Å²) in [6, 6.07) is 10.0. The average molecular weight is 243 g/mol. The number of rotatable bonds is 7. The Morgan fingerprint density at radius 3 is 2.62 bits per heavy atom. The molecule has 0 radical (unpaired) electrons. The molecule has 5 heteroatoms. The van der Waals surface area contributed by atoms with Crippen LogP contribution in [-0.4, -0.2) is 21.1 Å². The Morgan fingerprint density at radius 2 is 2.00 bits per heavy atom. The van der Waals surface area contributed by atoms with E-state index in [-0.39, 0.29) is 6.10 Å². The molecular formula is C11H17NO3S. The van der Waals surface area contributed by atoms with E-state index in [1.54, 1.807) is 6.92 Å². The zero-order valence-corrected chi connectivity index (χ0v) is 10.2. The van der Waals surface area contributed by atoms with E-state index in [1.807, 2.05) is 30.3 Å². The van der Waals surface area contributed by atoms with E-state index in [0.29, 0.717) is 6.42 Å². The minimum atomic E-state index is -2.73. The maximum absolute atomic E-state index is 10.3. The van der Waals surface area contributed by atoms with E-state index < -0.39 is 11.0 Å². The fourth-order valence-corrected chi connectivity index (χ4v) is 1.73. The van der Waals surface area contributed by atoms with Crippen molar-refractivity contribution in [1.82, 2.24) is 5.32 Å². The molecule has 1 N–H and O–H groups in total. The zero-order chi connectivity index (χ0) is 11.8. The molecule has 0 aromatic heterocycles. The lowest BCUT2D eigenvalue weighted by molar-refractivity contribution is 0.227. The van der Waals surface area contributed by atoms with Crippen LogP contribution in [0.2, 0.25) is 0 Å². The molecule has 0 fully saturated rings. The fourth-order valence-electron chi connectivity index (χ4n) is 1.33. The van der Waals surface area contributed by atoms with Crippen molar-refractivity contribution >= 4 is 11.0 Å².